The molecule has 2 N–H and O–H groups in total. The van der Waals surface area contributed by atoms with E-state index in [0.717, 1.165) is 43.5 Å². The van der Waals surface area contributed by atoms with Gasteiger partial charge in [-0.15, -0.1) is 0 Å². The van der Waals surface area contributed by atoms with Gasteiger partial charge in [-0.2, -0.15) is 0 Å². The van der Waals surface area contributed by atoms with Gasteiger partial charge in [-0.3, -0.25) is 0 Å². The first-order valence-electron chi connectivity index (χ1n) is 7.14. The topological polar surface area (TPSA) is 71.7 Å². The van der Waals surface area contributed by atoms with Crippen molar-refractivity contribution in [1.82, 2.24) is 5.32 Å². The van der Waals surface area contributed by atoms with Crippen molar-refractivity contribution < 1.29 is 19.1 Å². The number of benzene rings is 1. The van der Waals surface area contributed by atoms with Crippen molar-refractivity contribution in [2.45, 2.75) is 31.8 Å². The summed E-state index contributed by atoms with van der Waals surface area (Å²) in [5.74, 6) is -1.06. The highest BCUT2D eigenvalue weighted by Crippen LogP contribution is 2.23. The van der Waals surface area contributed by atoms with E-state index in [1.807, 2.05) is 18.2 Å². The Labute approximate surface area is 122 Å². The highest BCUT2D eigenvalue weighted by molar-refractivity contribution is 5.91. The first kappa shape index (κ1) is 14.1. The summed E-state index contributed by atoms with van der Waals surface area (Å²) in [5.41, 5.74) is 1.83. The zero-order valence-corrected chi connectivity index (χ0v) is 12.0. The SMILES string of the molecule is CC1(NCc2ccc3oc(C(=O)O)cc3c2)CCOCC1. The molecule has 2 heterocycles. The number of carbonyl (C=O) groups is 1. The Balaban J connectivity index is 1.73. The van der Waals surface area contributed by atoms with Crippen molar-refractivity contribution in [3.63, 3.8) is 0 Å². The van der Waals surface area contributed by atoms with Gasteiger partial charge in [0.1, 0.15) is 5.58 Å². The highest BCUT2D eigenvalue weighted by atomic mass is 16.5. The molecule has 1 saturated heterocycles. The number of carboxylic acid groups (broad SMARTS) is 1. The third-order valence-electron chi connectivity index (χ3n) is 4.11. The molecule has 1 aliphatic rings. The van der Waals surface area contributed by atoms with E-state index in [4.69, 9.17) is 14.3 Å². The molecule has 0 spiro atoms. The van der Waals surface area contributed by atoms with Gasteiger partial charge in [-0.05, 0) is 43.5 Å². The number of nitrogens with one attached hydrogen (secondary N) is 1. The molecular formula is C16H19NO4. The molecule has 0 bridgehead atoms. The molecule has 5 nitrogen and oxygen atoms in total. The lowest BCUT2D eigenvalue weighted by Gasteiger charge is -2.34. The predicted octanol–water partition coefficient (Wildman–Crippen LogP) is 2.79. The van der Waals surface area contributed by atoms with Crippen molar-refractivity contribution in [2.75, 3.05) is 13.2 Å². The number of furan rings is 1. The minimum atomic E-state index is -1.04. The van der Waals surface area contributed by atoms with E-state index in [1.54, 1.807) is 6.07 Å². The third kappa shape index (κ3) is 3.09. The largest absolute Gasteiger partial charge is 0.475 e. The van der Waals surface area contributed by atoms with Gasteiger partial charge in [0.05, 0.1) is 0 Å². The molecule has 0 aliphatic carbocycles. The van der Waals surface area contributed by atoms with E-state index in [1.165, 1.54) is 0 Å². The second kappa shape index (κ2) is 5.50. The van der Waals surface area contributed by atoms with Crippen LogP contribution in [0.4, 0.5) is 0 Å². The lowest BCUT2D eigenvalue weighted by molar-refractivity contribution is 0.0446. The van der Waals surface area contributed by atoms with Gasteiger partial charge >= 0.3 is 5.97 Å². The summed E-state index contributed by atoms with van der Waals surface area (Å²) in [5, 5.41) is 13.3. The van der Waals surface area contributed by atoms with Crippen LogP contribution in [-0.4, -0.2) is 29.8 Å². The van der Waals surface area contributed by atoms with Gasteiger partial charge in [-0.25, -0.2) is 4.79 Å². The molecule has 1 aromatic heterocycles. The maximum absolute atomic E-state index is 10.9. The van der Waals surface area contributed by atoms with Crippen molar-refractivity contribution in [3.8, 4) is 0 Å². The average molecular weight is 289 g/mol. The summed E-state index contributed by atoms with van der Waals surface area (Å²) in [4.78, 5) is 10.9. The molecule has 2 aromatic rings. The van der Waals surface area contributed by atoms with E-state index >= 15 is 0 Å². The zero-order chi connectivity index (χ0) is 14.9. The molecule has 112 valence electrons. The minimum Gasteiger partial charge on any atom is -0.475 e. The number of hydrogen-bond donors (Lipinski definition) is 2. The Kier molecular flexibility index (Phi) is 3.69. The van der Waals surface area contributed by atoms with Crippen molar-refractivity contribution in [2.24, 2.45) is 0 Å². The Morgan fingerprint density at radius 3 is 2.81 bits per heavy atom. The Morgan fingerprint density at radius 1 is 1.33 bits per heavy atom. The molecule has 3 rings (SSSR count). The van der Waals surface area contributed by atoms with Gasteiger partial charge in [0, 0.05) is 30.7 Å². The standard InChI is InChI=1S/C16H19NO4/c1-16(4-6-20-7-5-16)17-10-11-2-3-13-12(8-11)9-14(21-13)15(18)19/h2-3,8-9,17H,4-7,10H2,1H3,(H,18,19). The molecule has 0 radical (unpaired) electrons. The highest BCUT2D eigenvalue weighted by Gasteiger charge is 2.26. The van der Waals surface area contributed by atoms with Crippen molar-refractivity contribution in [3.05, 3.63) is 35.6 Å². The fourth-order valence-electron chi connectivity index (χ4n) is 2.62. The predicted molar refractivity (Wildman–Crippen MR) is 78.5 cm³/mol. The summed E-state index contributed by atoms with van der Waals surface area (Å²) in [6, 6.07) is 7.33. The number of aromatic carboxylic acids is 1. The number of fused-ring (bicyclic) bond motifs is 1. The van der Waals surface area contributed by atoms with Crippen molar-refractivity contribution >= 4 is 16.9 Å². The average Bonchev–Trinajstić information content (AvgIpc) is 2.89. The van der Waals surface area contributed by atoms with Crippen LogP contribution in [0.25, 0.3) is 11.0 Å². The lowest BCUT2D eigenvalue weighted by Crippen LogP contribution is -2.46. The Hall–Kier alpha value is -1.85. The summed E-state index contributed by atoms with van der Waals surface area (Å²) in [6.07, 6.45) is 2.01. The van der Waals surface area contributed by atoms with Crippen molar-refractivity contribution in [1.29, 1.82) is 0 Å². The fraction of sp³-hybridized carbons (Fsp3) is 0.438. The quantitative estimate of drug-likeness (QED) is 0.905. The third-order valence-corrected chi connectivity index (χ3v) is 4.11. The Morgan fingerprint density at radius 2 is 2.10 bits per heavy atom. The summed E-state index contributed by atoms with van der Waals surface area (Å²) < 4.78 is 10.7. The normalized spacial score (nSPS) is 18.0. The van der Waals surface area contributed by atoms with Crippen LogP contribution in [0.3, 0.4) is 0 Å². The number of carboxylic acids is 1. The van der Waals surface area contributed by atoms with E-state index in [2.05, 4.69) is 12.2 Å². The van der Waals surface area contributed by atoms with Crippen LogP contribution in [0.5, 0.6) is 0 Å². The van der Waals surface area contributed by atoms with Gasteiger partial charge in [0.2, 0.25) is 5.76 Å². The Bertz CT molecular complexity index is 655. The van der Waals surface area contributed by atoms with E-state index in [-0.39, 0.29) is 11.3 Å². The molecule has 0 atom stereocenters. The van der Waals surface area contributed by atoms with Crippen LogP contribution >= 0.6 is 0 Å². The van der Waals surface area contributed by atoms with Crippen LogP contribution in [0.15, 0.2) is 28.7 Å². The molecular weight excluding hydrogens is 270 g/mol. The smallest absolute Gasteiger partial charge is 0.371 e. The van der Waals surface area contributed by atoms with Gasteiger partial charge in [0.25, 0.3) is 0 Å². The lowest BCUT2D eigenvalue weighted by atomic mass is 9.92. The molecule has 5 heteroatoms. The van der Waals surface area contributed by atoms with Gasteiger partial charge in [0.15, 0.2) is 0 Å². The molecule has 0 unspecified atom stereocenters. The molecule has 1 aromatic carbocycles. The summed E-state index contributed by atoms with van der Waals surface area (Å²) >= 11 is 0. The van der Waals surface area contributed by atoms with E-state index < -0.39 is 5.97 Å². The first-order chi connectivity index (χ1) is 10.1. The zero-order valence-electron chi connectivity index (χ0n) is 12.0. The maximum atomic E-state index is 10.9. The van der Waals surface area contributed by atoms with E-state index in [0.29, 0.717) is 5.58 Å². The summed E-state index contributed by atoms with van der Waals surface area (Å²) in [6.45, 7) is 4.56. The number of ether oxygens (including phenoxy) is 1. The molecule has 1 fully saturated rings. The molecule has 0 amide bonds. The molecule has 1 aliphatic heterocycles. The second-order valence-electron chi connectivity index (χ2n) is 5.81. The minimum absolute atomic E-state index is 0.0218. The van der Waals surface area contributed by atoms with Gasteiger partial charge in [-0.1, -0.05) is 6.07 Å². The summed E-state index contributed by atoms with van der Waals surface area (Å²) in [7, 11) is 0. The molecule has 21 heavy (non-hydrogen) atoms. The van der Waals surface area contributed by atoms with E-state index in [9.17, 15) is 4.79 Å². The van der Waals surface area contributed by atoms with Crippen LogP contribution < -0.4 is 5.32 Å². The second-order valence-corrected chi connectivity index (χ2v) is 5.81. The van der Waals surface area contributed by atoms with Crippen LogP contribution in [0, 0.1) is 0 Å². The molecule has 0 saturated carbocycles. The first-order valence-corrected chi connectivity index (χ1v) is 7.14. The fourth-order valence-corrected chi connectivity index (χ4v) is 2.62. The maximum Gasteiger partial charge on any atom is 0.371 e. The van der Waals surface area contributed by atoms with Crippen LogP contribution in [0.2, 0.25) is 0 Å². The monoisotopic (exact) mass is 289 g/mol. The number of hydrogen-bond acceptors (Lipinski definition) is 4. The van der Waals surface area contributed by atoms with Crippen LogP contribution in [0.1, 0.15) is 35.9 Å². The van der Waals surface area contributed by atoms with Gasteiger partial charge < -0.3 is 19.6 Å². The number of rotatable bonds is 4. The van der Waals surface area contributed by atoms with Crippen LogP contribution in [-0.2, 0) is 11.3 Å².